The van der Waals surface area contributed by atoms with Gasteiger partial charge in [-0.2, -0.15) is 0 Å². The molecule has 9 nitrogen and oxygen atoms in total. The number of unbranched alkanes of at least 4 members (excludes halogenated alkanes) is 2. The first kappa shape index (κ1) is 29.7. The summed E-state index contributed by atoms with van der Waals surface area (Å²) in [5.74, 6) is 0. The Balaban J connectivity index is 0. The summed E-state index contributed by atoms with van der Waals surface area (Å²) in [5, 5.41) is 4.65. The topological polar surface area (TPSA) is 152 Å². The van der Waals surface area contributed by atoms with Crippen molar-refractivity contribution in [3.8, 4) is 0 Å². The minimum absolute atomic E-state index is 0. The lowest BCUT2D eigenvalue weighted by Crippen LogP contribution is -3.00. The summed E-state index contributed by atoms with van der Waals surface area (Å²) < 4.78 is 24.0. The zero-order chi connectivity index (χ0) is 20.8. The van der Waals surface area contributed by atoms with Gasteiger partial charge < -0.3 is 41.6 Å². The standard InChI is InChI=1S/C14H31NO8P2S.ClH/c1-5-8-9-10-15(6-2,7-3)11-13(26-12(4)16)14(17,24(18,19)20)25(21,22)23;/h13,17H,5-11H2,1-4H3,(H3-,18,19,20,21,22,23);1H. The predicted octanol–water partition coefficient (Wildman–Crippen LogP) is -1.31. The molecular formula is C14H32ClNO8P2S. The molecule has 27 heavy (non-hydrogen) atoms. The van der Waals surface area contributed by atoms with E-state index >= 15 is 0 Å². The highest BCUT2D eigenvalue weighted by Crippen LogP contribution is 2.70. The smallest absolute Gasteiger partial charge is 0.370 e. The Labute approximate surface area is 171 Å². The third-order valence-electron chi connectivity index (χ3n) is 4.73. The highest BCUT2D eigenvalue weighted by Gasteiger charge is 2.66. The van der Waals surface area contributed by atoms with Crippen molar-refractivity contribution < 1.29 is 55.5 Å². The molecule has 13 heteroatoms. The van der Waals surface area contributed by atoms with Gasteiger partial charge in [0.25, 0.3) is 5.08 Å². The van der Waals surface area contributed by atoms with Gasteiger partial charge in [0.1, 0.15) is 5.25 Å². The van der Waals surface area contributed by atoms with Crippen LogP contribution >= 0.6 is 27.0 Å². The molecule has 0 radical (unpaired) electrons. The fourth-order valence-electron chi connectivity index (χ4n) is 2.92. The summed E-state index contributed by atoms with van der Waals surface area (Å²) in [7, 11) is -11.3. The second-order valence-electron chi connectivity index (χ2n) is 6.46. The average molecular weight is 472 g/mol. The normalized spacial score (nSPS) is 14.6. The van der Waals surface area contributed by atoms with Crippen LogP contribution in [0.5, 0.6) is 0 Å². The Bertz CT molecular complexity index is 541. The van der Waals surface area contributed by atoms with Crippen molar-refractivity contribution in [2.24, 2.45) is 0 Å². The van der Waals surface area contributed by atoms with Gasteiger partial charge in [0.2, 0.25) is 0 Å². The van der Waals surface area contributed by atoms with Gasteiger partial charge in [-0.25, -0.2) is 0 Å². The van der Waals surface area contributed by atoms with E-state index < -0.39 is 30.6 Å². The molecular weight excluding hydrogens is 440 g/mol. The molecule has 0 amide bonds. The summed E-state index contributed by atoms with van der Waals surface area (Å²) in [6, 6.07) is 0. The van der Waals surface area contributed by atoms with E-state index in [1.807, 2.05) is 20.8 Å². The summed E-state index contributed by atoms with van der Waals surface area (Å²) >= 11 is 0.368. The van der Waals surface area contributed by atoms with Gasteiger partial charge in [-0.3, -0.25) is 13.9 Å². The Morgan fingerprint density at radius 2 is 1.48 bits per heavy atom. The molecule has 0 aromatic rings. The molecule has 1 atom stereocenters. The number of thioether (sulfide) groups is 1. The van der Waals surface area contributed by atoms with Crippen LogP contribution in [0.15, 0.2) is 0 Å². The lowest BCUT2D eigenvalue weighted by Gasteiger charge is -2.43. The molecule has 0 aromatic heterocycles. The molecule has 0 rings (SSSR count). The van der Waals surface area contributed by atoms with Gasteiger partial charge in [0.05, 0.1) is 26.2 Å². The lowest BCUT2D eigenvalue weighted by molar-refractivity contribution is -0.924. The van der Waals surface area contributed by atoms with Gasteiger partial charge in [-0.05, 0) is 26.7 Å². The van der Waals surface area contributed by atoms with Gasteiger partial charge in [0, 0.05) is 6.92 Å². The van der Waals surface area contributed by atoms with Crippen LogP contribution in [0.1, 0.15) is 47.0 Å². The molecule has 0 saturated heterocycles. The molecule has 0 aromatic carbocycles. The molecule has 0 aliphatic heterocycles. The second-order valence-corrected chi connectivity index (χ2v) is 11.7. The molecule has 0 fully saturated rings. The second kappa shape index (κ2) is 11.6. The maximum atomic E-state index is 11.9. The van der Waals surface area contributed by atoms with E-state index in [2.05, 4.69) is 0 Å². The van der Waals surface area contributed by atoms with Crippen LogP contribution in [0.4, 0.5) is 0 Å². The number of aliphatic hydroxyl groups is 1. The fraction of sp³-hybridized carbons (Fsp3) is 0.929. The number of carbonyl (C=O) groups excluding carboxylic acids is 1. The van der Waals surface area contributed by atoms with Crippen molar-refractivity contribution in [2.75, 3.05) is 26.2 Å². The number of hydrogen-bond donors (Lipinski definition) is 5. The molecule has 0 aliphatic rings. The van der Waals surface area contributed by atoms with Gasteiger partial charge in [-0.15, -0.1) is 0 Å². The van der Waals surface area contributed by atoms with Crippen LogP contribution in [-0.2, 0) is 13.9 Å². The van der Waals surface area contributed by atoms with E-state index in [9.17, 15) is 38.6 Å². The number of quaternary nitrogens is 1. The molecule has 0 aliphatic carbocycles. The highest BCUT2D eigenvalue weighted by molar-refractivity contribution is 8.14. The molecule has 5 N–H and O–H groups in total. The van der Waals surface area contributed by atoms with E-state index in [4.69, 9.17) is 0 Å². The number of hydrogen-bond acceptors (Lipinski definition) is 5. The quantitative estimate of drug-likeness (QED) is 0.133. The first-order chi connectivity index (χ1) is 11.7. The molecule has 0 heterocycles. The summed E-state index contributed by atoms with van der Waals surface area (Å²) in [5.41, 5.74) is 0. The zero-order valence-electron chi connectivity index (χ0n) is 16.1. The Hall–Kier alpha value is 0.530. The Morgan fingerprint density at radius 3 is 1.78 bits per heavy atom. The average Bonchev–Trinajstić information content (AvgIpc) is 2.49. The van der Waals surface area contributed by atoms with Gasteiger partial charge in [0.15, 0.2) is 5.12 Å². The first-order valence-electron chi connectivity index (χ1n) is 8.56. The van der Waals surface area contributed by atoms with Crippen molar-refractivity contribution in [2.45, 2.75) is 57.3 Å². The van der Waals surface area contributed by atoms with Crippen LogP contribution in [-0.4, -0.2) is 70.8 Å². The van der Waals surface area contributed by atoms with Crippen molar-refractivity contribution in [3.05, 3.63) is 0 Å². The molecule has 0 saturated carbocycles. The van der Waals surface area contributed by atoms with Gasteiger partial charge >= 0.3 is 15.2 Å². The third-order valence-corrected chi connectivity index (χ3v) is 10.1. The van der Waals surface area contributed by atoms with E-state index in [-0.39, 0.29) is 23.4 Å². The highest BCUT2D eigenvalue weighted by atomic mass is 35.5. The van der Waals surface area contributed by atoms with Gasteiger partial charge in [-0.1, -0.05) is 25.1 Å². The maximum absolute atomic E-state index is 11.9. The van der Waals surface area contributed by atoms with E-state index in [1.165, 1.54) is 0 Å². The van der Waals surface area contributed by atoms with Crippen molar-refractivity contribution in [3.63, 3.8) is 0 Å². The Morgan fingerprint density at radius 1 is 1.04 bits per heavy atom. The van der Waals surface area contributed by atoms with Crippen LogP contribution in [0, 0.1) is 0 Å². The summed E-state index contributed by atoms with van der Waals surface area (Å²) in [4.78, 5) is 49.8. The van der Waals surface area contributed by atoms with E-state index in [0.29, 0.717) is 31.4 Å². The van der Waals surface area contributed by atoms with Crippen LogP contribution in [0.25, 0.3) is 0 Å². The van der Waals surface area contributed by atoms with Crippen LogP contribution in [0.3, 0.4) is 0 Å². The van der Waals surface area contributed by atoms with E-state index in [1.54, 1.807) is 0 Å². The predicted molar refractivity (Wildman–Crippen MR) is 102 cm³/mol. The van der Waals surface area contributed by atoms with Crippen molar-refractivity contribution in [1.29, 1.82) is 0 Å². The summed E-state index contributed by atoms with van der Waals surface area (Å²) in [6.45, 7) is 8.42. The molecule has 0 spiro atoms. The zero-order valence-corrected chi connectivity index (χ0v) is 19.5. The molecule has 1 unspecified atom stereocenters. The maximum Gasteiger partial charge on any atom is 0.370 e. The minimum atomic E-state index is -5.65. The fourth-order valence-corrected chi connectivity index (χ4v) is 7.28. The largest absolute Gasteiger partial charge is 1.00 e. The monoisotopic (exact) mass is 471 g/mol. The number of nitrogens with zero attached hydrogens (tertiary/aromatic N) is 1. The molecule has 164 valence electrons. The Kier molecular flexibility index (Phi) is 12.8. The summed E-state index contributed by atoms with van der Waals surface area (Å²) in [6.07, 6.45) is 2.72. The third kappa shape index (κ3) is 7.70. The SMILES string of the molecule is CCCCC[N+](CC)(CC)CC(SC(C)=O)C(O)(P(=O)(O)O)P(=O)(O)O.[Cl-]. The van der Waals surface area contributed by atoms with Crippen LogP contribution < -0.4 is 12.4 Å². The molecule has 0 bridgehead atoms. The number of carbonyl (C=O) groups is 1. The minimum Gasteiger partial charge on any atom is -1.00 e. The van der Waals surface area contributed by atoms with Crippen LogP contribution in [0.2, 0.25) is 0 Å². The van der Waals surface area contributed by atoms with Crippen molar-refractivity contribution in [1.82, 2.24) is 0 Å². The van der Waals surface area contributed by atoms with E-state index in [0.717, 1.165) is 26.2 Å². The lowest BCUT2D eigenvalue weighted by atomic mass is 10.2. The van der Waals surface area contributed by atoms with Crippen molar-refractivity contribution >= 4 is 32.1 Å². The first-order valence-corrected chi connectivity index (χ1v) is 12.7. The number of halogens is 1. The number of rotatable bonds is 12.